The zero-order valence-electron chi connectivity index (χ0n) is 14.0. The minimum atomic E-state index is -0.585. The number of pyridine rings is 1. The highest BCUT2D eigenvalue weighted by Gasteiger charge is 2.48. The maximum absolute atomic E-state index is 12.1. The van der Waals surface area contributed by atoms with Gasteiger partial charge in [0, 0.05) is 24.0 Å². The number of fused-ring (bicyclic) bond motifs is 4. The number of allylic oxidation sites excluding steroid dienone is 2. The van der Waals surface area contributed by atoms with Crippen LogP contribution in [-0.2, 0) is 16.7 Å². The molecule has 0 spiro atoms. The molecule has 0 saturated heterocycles. The fourth-order valence-electron chi connectivity index (χ4n) is 3.97. The van der Waals surface area contributed by atoms with Crippen LogP contribution < -0.4 is 10.1 Å². The van der Waals surface area contributed by atoms with Gasteiger partial charge in [0.25, 0.3) is 0 Å². The van der Waals surface area contributed by atoms with Crippen molar-refractivity contribution in [3.63, 3.8) is 0 Å². The summed E-state index contributed by atoms with van der Waals surface area (Å²) in [6.45, 7) is 4.13. The quantitative estimate of drug-likeness (QED) is 0.852. The first kappa shape index (κ1) is 15.6. The number of aromatic nitrogens is 1. The summed E-state index contributed by atoms with van der Waals surface area (Å²) < 4.78 is 10.1. The fourth-order valence-corrected chi connectivity index (χ4v) is 3.97. The molecular weight excluding hydrogens is 292 g/mol. The van der Waals surface area contributed by atoms with Crippen molar-refractivity contribution in [3.8, 4) is 5.88 Å². The predicted octanol–water partition coefficient (Wildman–Crippen LogP) is 3.11. The van der Waals surface area contributed by atoms with Crippen molar-refractivity contribution in [2.45, 2.75) is 32.2 Å². The van der Waals surface area contributed by atoms with Gasteiger partial charge in [-0.05, 0) is 31.9 Å². The lowest BCUT2D eigenvalue weighted by Gasteiger charge is -2.47. The molecule has 2 bridgehead atoms. The van der Waals surface area contributed by atoms with Gasteiger partial charge in [0.2, 0.25) is 5.88 Å². The Kier molecular flexibility index (Phi) is 3.88. The van der Waals surface area contributed by atoms with Crippen LogP contribution >= 0.6 is 0 Å². The molecule has 122 valence electrons. The molecule has 0 aromatic carbocycles. The molecule has 1 aromatic heterocycles. The summed E-state index contributed by atoms with van der Waals surface area (Å²) in [7, 11) is 3.00. The zero-order chi connectivity index (χ0) is 16.6. The predicted molar refractivity (Wildman–Crippen MR) is 87.3 cm³/mol. The molecule has 1 N–H and O–H groups in total. The lowest BCUT2D eigenvalue weighted by Crippen LogP contribution is -2.53. The van der Waals surface area contributed by atoms with E-state index in [4.69, 9.17) is 9.47 Å². The van der Waals surface area contributed by atoms with Crippen molar-refractivity contribution in [3.05, 3.63) is 46.7 Å². The molecule has 2 atom stereocenters. The van der Waals surface area contributed by atoms with Crippen molar-refractivity contribution in [2.24, 2.45) is 5.92 Å². The number of alkyl carbamates (subject to hydrolysis) is 1. The van der Waals surface area contributed by atoms with E-state index in [1.807, 2.05) is 19.1 Å². The lowest BCUT2D eigenvalue weighted by atomic mass is 9.63. The van der Waals surface area contributed by atoms with Crippen LogP contribution in [0.15, 0.2) is 35.4 Å². The standard InChI is InChI=1S/C18H22N2O3/c1-5-13-12-8-11(2)10-18(13,20-17(21)23-4)14-6-7-16(22-3)19-15(14)9-12/h5-8,12H,9-10H2,1-4H3,(H,20,21)/t12?,18-/m1/s1. The summed E-state index contributed by atoms with van der Waals surface area (Å²) in [5.74, 6) is 0.831. The molecular formula is C18H22N2O3. The van der Waals surface area contributed by atoms with Crippen LogP contribution in [0.4, 0.5) is 4.79 Å². The summed E-state index contributed by atoms with van der Waals surface area (Å²) in [6, 6.07) is 3.86. The Bertz CT molecular complexity index is 708. The van der Waals surface area contributed by atoms with Gasteiger partial charge < -0.3 is 14.8 Å². The number of carbonyl (C=O) groups excluding carboxylic acids is 1. The SMILES string of the molecule is CC=C1C2C=C(C)C[C@]1(NC(=O)OC)c1ccc(OC)nc1C2. The van der Waals surface area contributed by atoms with Gasteiger partial charge in [-0.3, -0.25) is 0 Å². The highest BCUT2D eigenvalue weighted by Crippen LogP contribution is 2.49. The van der Waals surface area contributed by atoms with Gasteiger partial charge in [-0.2, -0.15) is 0 Å². The number of hydrogen-bond donors (Lipinski definition) is 1. The fraction of sp³-hybridized carbons (Fsp3) is 0.444. The second kappa shape index (κ2) is 5.72. The minimum absolute atomic E-state index is 0.234. The number of hydrogen-bond acceptors (Lipinski definition) is 4. The van der Waals surface area contributed by atoms with Gasteiger partial charge in [-0.15, -0.1) is 0 Å². The van der Waals surface area contributed by atoms with Gasteiger partial charge in [0.05, 0.1) is 25.5 Å². The first-order valence-corrected chi connectivity index (χ1v) is 7.78. The van der Waals surface area contributed by atoms with E-state index in [1.165, 1.54) is 18.3 Å². The van der Waals surface area contributed by atoms with Crippen LogP contribution in [0.3, 0.4) is 0 Å². The Balaban J connectivity index is 2.21. The number of nitrogens with zero attached hydrogens (tertiary/aromatic N) is 1. The third kappa shape index (κ3) is 2.40. The van der Waals surface area contributed by atoms with E-state index in [0.717, 1.165) is 24.1 Å². The molecule has 0 aliphatic heterocycles. The second-order valence-electron chi connectivity index (χ2n) is 6.11. The number of amides is 1. The normalized spacial score (nSPS) is 27.0. The van der Waals surface area contributed by atoms with E-state index < -0.39 is 11.6 Å². The minimum Gasteiger partial charge on any atom is -0.481 e. The average molecular weight is 314 g/mol. The first-order valence-electron chi connectivity index (χ1n) is 7.78. The van der Waals surface area contributed by atoms with Crippen LogP contribution in [0.25, 0.3) is 0 Å². The molecule has 5 heteroatoms. The van der Waals surface area contributed by atoms with Gasteiger partial charge >= 0.3 is 6.09 Å². The Morgan fingerprint density at radius 3 is 2.87 bits per heavy atom. The first-order chi connectivity index (χ1) is 11.0. The zero-order valence-corrected chi connectivity index (χ0v) is 14.0. The third-order valence-electron chi connectivity index (χ3n) is 4.76. The topological polar surface area (TPSA) is 60.5 Å². The summed E-state index contributed by atoms with van der Waals surface area (Å²) in [6.07, 6.45) is 5.49. The third-order valence-corrected chi connectivity index (χ3v) is 4.76. The maximum atomic E-state index is 12.1. The second-order valence-corrected chi connectivity index (χ2v) is 6.11. The van der Waals surface area contributed by atoms with Crippen molar-refractivity contribution in [1.29, 1.82) is 0 Å². The number of methoxy groups -OCH3 is 2. The number of ether oxygens (including phenoxy) is 2. The molecule has 2 aliphatic rings. The van der Waals surface area contributed by atoms with Crippen LogP contribution in [0.1, 0.15) is 31.5 Å². The van der Waals surface area contributed by atoms with E-state index >= 15 is 0 Å². The Morgan fingerprint density at radius 1 is 1.43 bits per heavy atom. The molecule has 5 nitrogen and oxygen atoms in total. The average Bonchev–Trinajstić information content (AvgIpc) is 2.53. The summed E-state index contributed by atoms with van der Waals surface area (Å²) >= 11 is 0. The smallest absolute Gasteiger partial charge is 0.407 e. The maximum Gasteiger partial charge on any atom is 0.407 e. The van der Waals surface area contributed by atoms with Crippen molar-refractivity contribution >= 4 is 6.09 Å². The van der Waals surface area contributed by atoms with E-state index in [1.54, 1.807) is 7.11 Å². The van der Waals surface area contributed by atoms with Gasteiger partial charge in [-0.25, -0.2) is 9.78 Å². The molecule has 2 aliphatic carbocycles. The Hall–Kier alpha value is -2.30. The van der Waals surface area contributed by atoms with E-state index in [2.05, 4.69) is 29.4 Å². The van der Waals surface area contributed by atoms with Crippen molar-refractivity contribution in [2.75, 3.05) is 14.2 Å². The molecule has 3 rings (SSSR count). The monoisotopic (exact) mass is 314 g/mol. The van der Waals surface area contributed by atoms with Crippen molar-refractivity contribution in [1.82, 2.24) is 10.3 Å². The van der Waals surface area contributed by atoms with Crippen LogP contribution in [-0.4, -0.2) is 25.3 Å². The van der Waals surface area contributed by atoms with Gasteiger partial charge in [-0.1, -0.05) is 17.7 Å². The van der Waals surface area contributed by atoms with E-state index in [9.17, 15) is 4.79 Å². The highest BCUT2D eigenvalue weighted by atomic mass is 16.5. The summed E-state index contributed by atoms with van der Waals surface area (Å²) in [4.78, 5) is 16.7. The highest BCUT2D eigenvalue weighted by molar-refractivity contribution is 5.71. The largest absolute Gasteiger partial charge is 0.481 e. The summed E-state index contributed by atoms with van der Waals surface area (Å²) in [5, 5.41) is 3.09. The Morgan fingerprint density at radius 2 is 2.22 bits per heavy atom. The molecule has 1 aromatic rings. The molecule has 1 unspecified atom stereocenters. The molecule has 0 saturated carbocycles. The number of rotatable bonds is 2. The molecule has 0 radical (unpaired) electrons. The van der Waals surface area contributed by atoms with E-state index in [-0.39, 0.29) is 5.92 Å². The number of nitrogens with one attached hydrogen (secondary N) is 1. The lowest BCUT2D eigenvalue weighted by molar-refractivity contribution is 0.155. The molecule has 0 fully saturated rings. The molecule has 1 amide bonds. The van der Waals surface area contributed by atoms with Crippen LogP contribution in [0.2, 0.25) is 0 Å². The van der Waals surface area contributed by atoms with Gasteiger partial charge in [0.15, 0.2) is 0 Å². The van der Waals surface area contributed by atoms with Gasteiger partial charge in [0.1, 0.15) is 0 Å². The molecule has 23 heavy (non-hydrogen) atoms. The van der Waals surface area contributed by atoms with Crippen LogP contribution in [0, 0.1) is 5.92 Å². The summed E-state index contributed by atoms with van der Waals surface area (Å²) in [5.41, 5.74) is 3.88. The van der Waals surface area contributed by atoms with Crippen molar-refractivity contribution < 1.29 is 14.3 Å². The molecule has 1 heterocycles. The Labute approximate surface area is 136 Å². The van der Waals surface area contributed by atoms with E-state index in [0.29, 0.717) is 5.88 Å². The van der Waals surface area contributed by atoms with Crippen LogP contribution in [0.5, 0.6) is 5.88 Å². The number of carbonyl (C=O) groups is 1.